The number of hydrogen-bond donors (Lipinski definition) is 2. The van der Waals surface area contributed by atoms with E-state index in [0.29, 0.717) is 26.9 Å². The summed E-state index contributed by atoms with van der Waals surface area (Å²) in [6.07, 6.45) is 3.02. The SMILES string of the molecule is Cc1cc(CO)c(-c2cc(Cl)ccc2Cl)c(C)c1NC(=O)c1ncccn1. The molecule has 27 heavy (non-hydrogen) atoms. The lowest BCUT2D eigenvalue weighted by molar-refractivity contribution is 0.101. The van der Waals surface area contributed by atoms with E-state index in [9.17, 15) is 9.90 Å². The zero-order chi connectivity index (χ0) is 19.6. The van der Waals surface area contributed by atoms with Crippen LogP contribution in [0.4, 0.5) is 5.69 Å². The molecular formula is C20H17Cl2N3O2. The van der Waals surface area contributed by atoms with E-state index in [2.05, 4.69) is 15.3 Å². The van der Waals surface area contributed by atoms with Crippen LogP contribution in [0.1, 0.15) is 27.3 Å². The second-order valence-electron chi connectivity index (χ2n) is 6.04. The molecular weight excluding hydrogens is 385 g/mol. The number of anilines is 1. The number of nitrogens with one attached hydrogen (secondary N) is 1. The molecule has 138 valence electrons. The molecule has 2 aromatic carbocycles. The molecule has 3 rings (SSSR count). The number of amides is 1. The van der Waals surface area contributed by atoms with Crippen LogP contribution in [0.15, 0.2) is 42.7 Å². The Morgan fingerprint density at radius 2 is 1.85 bits per heavy atom. The molecule has 0 aliphatic carbocycles. The van der Waals surface area contributed by atoms with E-state index in [1.165, 1.54) is 12.4 Å². The molecule has 7 heteroatoms. The first-order chi connectivity index (χ1) is 12.9. The predicted molar refractivity (Wildman–Crippen MR) is 107 cm³/mol. The Morgan fingerprint density at radius 3 is 2.52 bits per heavy atom. The van der Waals surface area contributed by atoms with Crippen molar-refractivity contribution in [1.29, 1.82) is 0 Å². The third-order valence-electron chi connectivity index (χ3n) is 4.23. The predicted octanol–water partition coefficient (Wildman–Crippen LogP) is 4.81. The molecule has 0 aliphatic heterocycles. The first-order valence-electron chi connectivity index (χ1n) is 8.20. The van der Waals surface area contributed by atoms with Gasteiger partial charge in [0, 0.05) is 33.7 Å². The Kier molecular flexibility index (Phi) is 5.75. The summed E-state index contributed by atoms with van der Waals surface area (Å²) in [4.78, 5) is 20.5. The van der Waals surface area contributed by atoms with Crippen molar-refractivity contribution < 1.29 is 9.90 Å². The minimum Gasteiger partial charge on any atom is -0.392 e. The molecule has 3 aromatic rings. The Bertz CT molecular complexity index is 1010. The Labute approximate surface area is 167 Å². The van der Waals surface area contributed by atoms with E-state index < -0.39 is 5.91 Å². The summed E-state index contributed by atoms with van der Waals surface area (Å²) in [6.45, 7) is 3.55. The maximum atomic E-state index is 12.5. The molecule has 1 heterocycles. The average molecular weight is 402 g/mol. The van der Waals surface area contributed by atoms with Gasteiger partial charge in [0.1, 0.15) is 0 Å². The molecule has 1 aromatic heterocycles. The second kappa shape index (κ2) is 8.05. The first kappa shape index (κ1) is 19.3. The van der Waals surface area contributed by atoms with Crippen LogP contribution in [-0.4, -0.2) is 21.0 Å². The quantitative estimate of drug-likeness (QED) is 0.657. The molecule has 0 fully saturated rings. The molecule has 0 radical (unpaired) electrons. The van der Waals surface area contributed by atoms with Crippen molar-refractivity contribution >= 4 is 34.8 Å². The monoisotopic (exact) mass is 401 g/mol. The van der Waals surface area contributed by atoms with Gasteiger partial charge in [-0.05, 0) is 60.4 Å². The number of carbonyl (C=O) groups excluding carboxylic acids is 1. The third kappa shape index (κ3) is 3.95. The van der Waals surface area contributed by atoms with Crippen LogP contribution in [0.5, 0.6) is 0 Å². The number of aromatic nitrogens is 2. The Balaban J connectivity index is 2.14. The molecule has 0 bridgehead atoms. The zero-order valence-electron chi connectivity index (χ0n) is 14.8. The van der Waals surface area contributed by atoms with Crippen molar-refractivity contribution in [2.75, 3.05) is 5.32 Å². The average Bonchev–Trinajstić information content (AvgIpc) is 2.67. The number of nitrogens with zero attached hydrogens (tertiary/aromatic N) is 2. The number of carbonyl (C=O) groups is 1. The van der Waals surface area contributed by atoms with Crippen LogP contribution in [-0.2, 0) is 6.61 Å². The van der Waals surface area contributed by atoms with Crippen molar-refractivity contribution in [3.05, 3.63) is 75.3 Å². The lowest BCUT2D eigenvalue weighted by atomic mass is 9.91. The van der Waals surface area contributed by atoms with Crippen molar-refractivity contribution in [3.8, 4) is 11.1 Å². The number of aliphatic hydroxyl groups is 1. The van der Waals surface area contributed by atoms with Gasteiger partial charge in [0.15, 0.2) is 0 Å². The largest absolute Gasteiger partial charge is 0.392 e. The molecule has 0 saturated carbocycles. The number of benzene rings is 2. The van der Waals surface area contributed by atoms with Crippen molar-refractivity contribution in [1.82, 2.24) is 9.97 Å². The summed E-state index contributed by atoms with van der Waals surface area (Å²) in [7, 11) is 0. The van der Waals surface area contributed by atoms with Gasteiger partial charge in [-0.2, -0.15) is 0 Å². The van der Waals surface area contributed by atoms with Crippen molar-refractivity contribution in [2.24, 2.45) is 0 Å². The van der Waals surface area contributed by atoms with Gasteiger partial charge in [-0.3, -0.25) is 4.79 Å². The smallest absolute Gasteiger partial charge is 0.293 e. The van der Waals surface area contributed by atoms with E-state index in [1.54, 1.807) is 24.3 Å². The number of halogens is 2. The molecule has 0 saturated heterocycles. The van der Waals surface area contributed by atoms with Gasteiger partial charge in [-0.15, -0.1) is 0 Å². The van der Waals surface area contributed by atoms with Gasteiger partial charge in [-0.25, -0.2) is 9.97 Å². The number of aliphatic hydroxyl groups excluding tert-OH is 1. The summed E-state index contributed by atoms with van der Waals surface area (Å²) >= 11 is 12.5. The highest BCUT2D eigenvalue weighted by Crippen LogP contribution is 2.39. The first-order valence-corrected chi connectivity index (χ1v) is 8.95. The maximum Gasteiger partial charge on any atom is 0.293 e. The van der Waals surface area contributed by atoms with Gasteiger partial charge < -0.3 is 10.4 Å². The Morgan fingerprint density at radius 1 is 1.15 bits per heavy atom. The van der Waals surface area contributed by atoms with Gasteiger partial charge in [0.05, 0.1) is 6.61 Å². The van der Waals surface area contributed by atoms with E-state index in [4.69, 9.17) is 23.2 Å². The zero-order valence-corrected chi connectivity index (χ0v) is 16.3. The highest BCUT2D eigenvalue weighted by molar-refractivity contribution is 6.35. The number of aryl methyl sites for hydroxylation is 1. The second-order valence-corrected chi connectivity index (χ2v) is 6.88. The van der Waals surface area contributed by atoms with Crippen LogP contribution in [0.25, 0.3) is 11.1 Å². The standard InChI is InChI=1S/C20H17Cl2N3O2/c1-11-8-13(10-26)17(15-9-14(21)4-5-16(15)22)12(2)18(11)25-20(27)19-23-6-3-7-24-19/h3-9,26H,10H2,1-2H3,(H,25,27). The van der Waals surface area contributed by atoms with E-state index in [0.717, 1.165) is 16.7 Å². The van der Waals surface area contributed by atoms with E-state index >= 15 is 0 Å². The fourth-order valence-corrected chi connectivity index (χ4v) is 3.42. The molecule has 0 atom stereocenters. The highest BCUT2D eigenvalue weighted by Gasteiger charge is 2.19. The molecule has 5 nitrogen and oxygen atoms in total. The summed E-state index contributed by atoms with van der Waals surface area (Å²) in [5, 5.41) is 13.8. The van der Waals surface area contributed by atoms with Crippen LogP contribution in [0.2, 0.25) is 10.0 Å². The number of rotatable bonds is 4. The molecule has 1 amide bonds. The van der Waals surface area contributed by atoms with Crippen molar-refractivity contribution in [2.45, 2.75) is 20.5 Å². The lowest BCUT2D eigenvalue weighted by Gasteiger charge is -2.20. The minimum atomic E-state index is -0.415. The van der Waals surface area contributed by atoms with Gasteiger partial charge in [-0.1, -0.05) is 29.3 Å². The van der Waals surface area contributed by atoms with Crippen LogP contribution >= 0.6 is 23.2 Å². The summed E-state index contributed by atoms with van der Waals surface area (Å²) in [6, 6.07) is 8.61. The fraction of sp³-hybridized carbons (Fsp3) is 0.150. The summed E-state index contributed by atoms with van der Waals surface area (Å²) in [5.74, 6) is -0.341. The summed E-state index contributed by atoms with van der Waals surface area (Å²) in [5.41, 5.74) is 4.33. The third-order valence-corrected chi connectivity index (χ3v) is 4.80. The molecule has 2 N–H and O–H groups in total. The summed E-state index contributed by atoms with van der Waals surface area (Å²) < 4.78 is 0. The van der Waals surface area contributed by atoms with Gasteiger partial charge >= 0.3 is 0 Å². The fourth-order valence-electron chi connectivity index (χ4n) is 3.03. The molecule has 0 unspecified atom stereocenters. The lowest BCUT2D eigenvalue weighted by Crippen LogP contribution is -2.17. The minimum absolute atomic E-state index is 0.0740. The Hall–Kier alpha value is -2.47. The van der Waals surface area contributed by atoms with Crippen molar-refractivity contribution in [3.63, 3.8) is 0 Å². The van der Waals surface area contributed by atoms with E-state index in [1.807, 2.05) is 19.9 Å². The normalized spacial score (nSPS) is 10.7. The van der Waals surface area contributed by atoms with Crippen LogP contribution < -0.4 is 5.32 Å². The molecule has 0 spiro atoms. The van der Waals surface area contributed by atoms with Gasteiger partial charge in [0.2, 0.25) is 5.82 Å². The topological polar surface area (TPSA) is 75.1 Å². The highest BCUT2D eigenvalue weighted by atomic mass is 35.5. The van der Waals surface area contributed by atoms with E-state index in [-0.39, 0.29) is 12.4 Å². The maximum absolute atomic E-state index is 12.5. The number of hydrogen-bond acceptors (Lipinski definition) is 4. The molecule has 0 aliphatic rings. The van der Waals surface area contributed by atoms with Crippen LogP contribution in [0.3, 0.4) is 0 Å². The van der Waals surface area contributed by atoms with Gasteiger partial charge in [0.25, 0.3) is 5.91 Å². The van der Waals surface area contributed by atoms with Crippen LogP contribution in [0, 0.1) is 13.8 Å².